The molecule has 6 rings (SSSR count). The summed E-state index contributed by atoms with van der Waals surface area (Å²) in [5.41, 5.74) is 18.6. The van der Waals surface area contributed by atoms with Crippen molar-refractivity contribution in [2.45, 2.75) is 70.6 Å². The quantitative estimate of drug-likeness (QED) is 0.151. The van der Waals surface area contributed by atoms with Gasteiger partial charge in [0.1, 0.15) is 34.5 Å². The Balaban J connectivity index is 1.62. The van der Waals surface area contributed by atoms with E-state index in [9.17, 15) is 10.2 Å². The Morgan fingerprint density at radius 1 is 0.610 bits per heavy atom. The summed E-state index contributed by atoms with van der Waals surface area (Å²) in [5, 5.41) is 20.6. The Bertz CT molecular complexity index is 1590. The second kappa shape index (κ2) is 8.84. The highest BCUT2D eigenvalue weighted by Crippen LogP contribution is 2.67. The molecule has 0 unspecified atom stereocenters. The number of aromatic hydroxyl groups is 2. The molecule has 212 valence electrons. The summed E-state index contributed by atoms with van der Waals surface area (Å²) in [6.07, 6.45) is 1.76. The van der Waals surface area contributed by atoms with Gasteiger partial charge in [-0.1, -0.05) is 52.0 Å². The van der Waals surface area contributed by atoms with E-state index in [2.05, 4.69) is 65.8 Å². The molecule has 0 amide bonds. The lowest BCUT2D eigenvalue weighted by molar-refractivity contribution is 0.338. The first-order chi connectivity index (χ1) is 19.2. The van der Waals surface area contributed by atoms with Crippen LogP contribution in [-0.2, 0) is 16.2 Å². The van der Waals surface area contributed by atoms with Gasteiger partial charge in [-0.15, -0.1) is 0 Å². The van der Waals surface area contributed by atoms with E-state index >= 15 is 0 Å². The molecule has 0 bridgehead atoms. The molecule has 2 aliphatic rings. The largest absolute Gasteiger partial charge is 0.506 e. The molecule has 0 fully saturated rings. The fraction of sp³-hybridized carbons (Fsp3) is 0.314. The highest BCUT2D eigenvalue weighted by atomic mass is 16.5. The Morgan fingerprint density at radius 3 is 1.37 bits per heavy atom. The summed E-state index contributed by atoms with van der Waals surface area (Å²) in [7, 11) is 0. The van der Waals surface area contributed by atoms with Crippen LogP contribution in [0.5, 0.6) is 34.5 Å². The van der Waals surface area contributed by atoms with Crippen LogP contribution in [0, 0.1) is 13.8 Å². The number of aryl methyl sites for hydroxylation is 2. The van der Waals surface area contributed by atoms with Crippen LogP contribution >= 0.6 is 0 Å². The highest BCUT2D eigenvalue weighted by Gasteiger charge is 2.59. The van der Waals surface area contributed by atoms with E-state index in [1.807, 2.05) is 0 Å². The normalized spacial score (nSPS) is 17.3. The van der Waals surface area contributed by atoms with Crippen molar-refractivity contribution >= 4 is 11.4 Å². The summed E-state index contributed by atoms with van der Waals surface area (Å²) >= 11 is 0. The van der Waals surface area contributed by atoms with Gasteiger partial charge in [-0.2, -0.15) is 0 Å². The molecule has 41 heavy (non-hydrogen) atoms. The zero-order valence-corrected chi connectivity index (χ0v) is 24.6. The number of ether oxygens (including phenoxy) is 2. The lowest BCUT2D eigenvalue weighted by Gasteiger charge is -2.33. The predicted molar refractivity (Wildman–Crippen MR) is 164 cm³/mol. The van der Waals surface area contributed by atoms with Gasteiger partial charge < -0.3 is 31.2 Å². The van der Waals surface area contributed by atoms with Crippen molar-refractivity contribution in [1.82, 2.24) is 0 Å². The van der Waals surface area contributed by atoms with Gasteiger partial charge in [-0.05, 0) is 84.0 Å². The van der Waals surface area contributed by atoms with E-state index in [1.54, 1.807) is 36.4 Å². The minimum Gasteiger partial charge on any atom is -0.506 e. The maximum absolute atomic E-state index is 10.3. The van der Waals surface area contributed by atoms with Gasteiger partial charge in [0, 0.05) is 28.7 Å². The SMILES string of the molecule is Cc1ccc2c(c1Oc1ccc(N)c(O)c1)C1(CC2(C)C)CC(C)(C)c2ccc(C)c(Oc3ccc(N)c(O)c3)c21. The number of hydrogen-bond acceptors (Lipinski definition) is 6. The fourth-order valence-electron chi connectivity index (χ4n) is 7.36. The van der Waals surface area contributed by atoms with Crippen molar-refractivity contribution in [1.29, 1.82) is 0 Å². The number of nitrogens with two attached hydrogens (primary N) is 2. The molecule has 4 aromatic carbocycles. The van der Waals surface area contributed by atoms with Crippen LogP contribution in [0.1, 0.15) is 73.9 Å². The van der Waals surface area contributed by atoms with E-state index < -0.39 is 5.41 Å². The number of rotatable bonds is 4. The van der Waals surface area contributed by atoms with Crippen LogP contribution in [0.4, 0.5) is 11.4 Å². The van der Waals surface area contributed by atoms with Crippen molar-refractivity contribution in [3.05, 3.63) is 94.0 Å². The van der Waals surface area contributed by atoms with Crippen molar-refractivity contribution in [3.63, 3.8) is 0 Å². The number of phenolic OH excluding ortho intramolecular Hbond substituents is 2. The third-order valence-corrected chi connectivity index (χ3v) is 9.06. The molecule has 0 saturated carbocycles. The lowest BCUT2D eigenvalue weighted by Crippen LogP contribution is -2.27. The third-order valence-electron chi connectivity index (χ3n) is 9.06. The summed E-state index contributed by atoms with van der Waals surface area (Å²) in [4.78, 5) is 0. The molecular formula is C35H38N2O4. The van der Waals surface area contributed by atoms with Crippen LogP contribution in [0.3, 0.4) is 0 Å². The van der Waals surface area contributed by atoms with Gasteiger partial charge in [0.25, 0.3) is 0 Å². The molecule has 0 aliphatic heterocycles. The molecule has 6 heteroatoms. The average molecular weight is 551 g/mol. The lowest BCUT2D eigenvalue weighted by atomic mass is 9.71. The number of fused-ring (bicyclic) bond motifs is 4. The Labute approximate surface area is 241 Å². The van der Waals surface area contributed by atoms with E-state index in [-0.39, 0.29) is 22.3 Å². The topological polar surface area (TPSA) is 111 Å². The van der Waals surface area contributed by atoms with Gasteiger partial charge in [-0.3, -0.25) is 0 Å². The summed E-state index contributed by atoms with van der Waals surface area (Å²) in [6.45, 7) is 13.3. The second-order valence-corrected chi connectivity index (χ2v) is 13.1. The van der Waals surface area contributed by atoms with Gasteiger partial charge in [0.2, 0.25) is 0 Å². The van der Waals surface area contributed by atoms with Gasteiger partial charge in [-0.25, -0.2) is 0 Å². The first-order valence-electron chi connectivity index (χ1n) is 14.1. The molecule has 4 aromatic rings. The smallest absolute Gasteiger partial charge is 0.142 e. The number of anilines is 2. The van der Waals surface area contributed by atoms with E-state index in [0.717, 1.165) is 35.5 Å². The van der Waals surface area contributed by atoms with Gasteiger partial charge in [0.15, 0.2) is 0 Å². The Hall–Kier alpha value is -4.32. The maximum Gasteiger partial charge on any atom is 0.142 e. The van der Waals surface area contributed by atoms with Gasteiger partial charge >= 0.3 is 0 Å². The van der Waals surface area contributed by atoms with Crippen molar-refractivity contribution < 1.29 is 19.7 Å². The molecule has 0 saturated heterocycles. The first-order valence-corrected chi connectivity index (χ1v) is 14.1. The molecule has 0 radical (unpaired) electrons. The number of benzene rings is 4. The molecule has 0 heterocycles. The Morgan fingerprint density at radius 2 is 1.00 bits per heavy atom. The van der Waals surface area contributed by atoms with Crippen LogP contribution in [-0.4, -0.2) is 10.2 Å². The number of phenols is 2. The Kier molecular flexibility index (Phi) is 5.79. The number of nitrogen functional groups attached to an aromatic ring is 2. The minimum absolute atomic E-state index is 0.00632. The second-order valence-electron chi connectivity index (χ2n) is 13.1. The average Bonchev–Trinajstić information content (AvgIpc) is 3.26. The molecule has 1 spiro atoms. The van der Waals surface area contributed by atoms with Gasteiger partial charge in [0.05, 0.1) is 11.4 Å². The zero-order valence-electron chi connectivity index (χ0n) is 24.6. The summed E-state index contributed by atoms with van der Waals surface area (Å²) < 4.78 is 13.3. The molecule has 0 aromatic heterocycles. The van der Waals surface area contributed by atoms with Crippen molar-refractivity contribution in [3.8, 4) is 34.5 Å². The molecular weight excluding hydrogens is 512 g/mol. The monoisotopic (exact) mass is 550 g/mol. The minimum atomic E-state index is -0.397. The van der Waals surface area contributed by atoms with Crippen LogP contribution in [0.2, 0.25) is 0 Å². The van der Waals surface area contributed by atoms with Crippen LogP contribution in [0.25, 0.3) is 0 Å². The van der Waals surface area contributed by atoms with Crippen LogP contribution < -0.4 is 20.9 Å². The van der Waals surface area contributed by atoms with Crippen molar-refractivity contribution in [2.75, 3.05) is 11.5 Å². The molecule has 6 nitrogen and oxygen atoms in total. The predicted octanol–water partition coefficient (Wildman–Crippen LogP) is 8.11. The van der Waals surface area contributed by atoms with E-state index in [4.69, 9.17) is 20.9 Å². The number of hydrogen-bond donors (Lipinski definition) is 4. The van der Waals surface area contributed by atoms with E-state index in [1.165, 1.54) is 22.3 Å². The summed E-state index contributed by atoms with van der Waals surface area (Å²) in [5.74, 6) is 2.66. The third kappa shape index (κ3) is 4.07. The van der Waals surface area contributed by atoms with E-state index in [0.29, 0.717) is 22.9 Å². The van der Waals surface area contributed by atoms with Crippen LogP contribution in [0.15, 0.2) is 60.7 Å². The molecule has 2 aliphatic carbocycles. The molecule has 6 N–H and O–H groups in total. The standard InChI is InChI=1S/C35H38N2O4/c1-19-7-11-23-29(31(19)40-21-9-13-25(36)27(38)15-21)35(17-33(23,3)4)18-34(5,6)24-12-8-20(2)32(30(24)35)41-22-10-14-26(37)28(39)16-22/h7-16,38-39H,17-18,36-37H2,1-6H3. The first kappa shape index (κ1) is 26.9. The fourth-order valence-corrected chi connectivity index (χ4v) is 7.36. The zero-order chi connectivity index (χ0) is 29.5. The highest BCUT2D eigenvalue weighted by molar-refractivity contribution is 5.70. The van der Waals surface area contributed by atoms with Crippen molar-refractivity contribution in [2.24, 2.45) is 0 Å². The molecule has 0 atom stereocenters. The maximum atomic E-state index is 10.3. The summed E-state index contributed by atoms with van der Waals surface area (Å²) in [6, 6.07) is 18.8.